The Kier molecular flexibility index (Phi) is 1.82. The maximum Gasteiger partial charge on any atom is 0.133 e. The lowest BCUT2D eigenvalue weighted by Gasteiger charge is -1.97. The molecule has 2 nitrogen and oxygen atoms in total. The van der Waals surface area contributed by atoms with Gasteiger partial charge in [-0.3, -0.25) is 0 Å². The van der Waals surface area contributed by atoms with E-state index in [1.54, 1.807) is 0 Å². The van der Waals surface area contributed by atoms with Gasteiger partial charge in [-0.1, -0.05) is 35.5 Å². The second-order valence-corrected chi connectivity index (χ2v) is 2.84. The zero-order valence-electron chi connectivity index (χ0n) is 6.73. The largest absolute Gasteiger partial charge is 0.392 e. The van der Waals surface area contributed by atoms with Crippen LogP contribution in [0.5, 0.6) is 0 Å². The van der Waals surface area contributed by atoms with Crippen LogP contribution >= 0.6 is 0 Å². The standard InChI is InChI=1S/C10H10NO/c1-8-7-10(11-12-8)9-5-3-2-4-6-9/h2-6,8H,1,7H2. The van der Waals surface area contributed by atoms with E-state index in [1.165, 1.54) is 0 Å². The summed E-state index contributed by atoms with van der Waals surface area (Å²) in [5, 5.41) is 3.94. The fourth-order valence-corrected chi connectivity index (χ4v) is 1.23. The highest BCUT2D eigenvalue weighted by molar-refractivity contribution is 6.01. The molecule has 0 fully saturated rings. The third-order valence-corrected chi connectivity index (χ3v) is 1.84. The van der Waals surface area contributed by atoms with Crippen LogP contribution in [0.4, 0.5) is 0 Å². The van der Waals surface area contributed by atoms with Crippen LogP contribution in [0, 0.1) is 6.92 Å². The van der Waals surface area contributed by atoms with Gasteiger partial charge in [-0.05, 0) is 12.5 Å². The number of hydrogen-bond donors (Lipinski definition) is 0. The fourth-order valence-electron chi connectivity index (χ4n) is 1.23. The van der Waals surface area contributed by atoms with Crippen molar-refractivity contribution in [2.24, 2.45) is 5.16 Å². The van der Waals surface area contributed by atoms with Crippen molar-refractivity contribution < 1.29 is 4.84 Å². The number of oxime groups is 1. The Morgan fingerprint density at radius 1 is 1.33 bits per heavy atom. The molecule has 0 N–H and O–H groups in total. The first-order valence-electron chi connectivity index (χ1n) is 3.97. The van der Waals surface area contributed by atoms with E-state index in [-0.39, 0.29) is 6.10 Å². The van der Waals surface area contributed by atoms with Crippen molar-refractivity contribution in [1.82, 2.24) is 0 Å². The summed E-state index contributed by atoms with van der Waals surface area (Å²) in [7, 11) is 0. The highest BCUT2D eigenvalue weighted by Crippen LogP contribution is 2.14. The molecule has 1 atom stereocenters. The maximum absolute atomic E-state index is 5.00. The Morgan fingerprint density at radius 3 is 2.67 bits per heavy atom. The summed E-state index contributed by atoms with van der Waals surface area (Å²) in [6, 6.07) is 10.0. The average Bonchev–Trinajstić information content (AvgIpc) is 2.54. The Hall–Kier alpha value is -1.31. The van der Waals surface area contributed by atoms with E-state index < -0.39 is 0 Å². The molecule has 1 unspecified atom stereocenters. The molecule has 1 aliphatic rings. The molecular formula is C10H10NO. The average molecular weight is 160 g/mol. The molecule has 0 bridgehead atoms. The summed E-state index contributed by atoms with van der Waals surface area (Å²) in [5.41, 5.74) is 2.12. The lowest BCUT2D eigenvalue weighted by molar-refractivity contribution is 0.118. The van der Waals surface area contributed by atoms with Crippen molar-refractivity contribution in [3.8, 4) is 0 Å². The van der Waals surface area contributed by atoms with Crippen LogP contribution in [0.1, 0.15) is 12.0 Å². The van der Waals surface area contributed by atoms with E-state index in [0.717, 1.165) is 17.7 Å². The van der Waals surface area contributed by atoms with E-state index in [4.69, 9.17) is 4.84 Å². The van der Waals surface area contributed by atoms with E-state index in [1.807, 2.05) is 30.3 Å². The smallest absolute Gasteiger partial charge is 0.133 e. The van der Waals surface area contributed by atoms with Gasteiger partial charge in [0.25, 0.3) is 0 Å². The minimum absolute atomic E-state index is 0.0137. The second kappa shape index (κ2) is 2.97. The summed E-state index contributed by atoms with van der Waals surface area (Å²) in [6.07, 6.45) is 0.796. The van der Waals surface area contributed by atoms with Crippen molar-refractivity contribution in [1.29, 1.82) is 0 Å². The Morgan fingerprint density at radius 2 is 2.08 bits per heavy atom. The predicted octanol–water partition coefficient (Wildman–Crippen LogP) is 2.01. The molecule has 0 amide bonds. The van der Waals surface area contributed by atoms with Crippen molar-refractivity contribution in [3.05, 3.63) is 42.8 Å². The second-order valence-electron chi connectivity index (χ2n) is 2.84. The van der Waals surface area contributed by atoms with Gasteiger partial charge in [-0.15, -0.1) is 0 Å². The molecule has 1 heterocycles. The molecule has 0 aromatic heterocycles. The zero-order valence-corrected chi connectivity index (χ0v) is 6.73. The van der Waals surface area contributed by atoms with Crippen LogP contribution in [0.15, 0.2) is 35.5 Å². The molecule has 1 aliphatic heterocycles. The van der Waals surface area contributed by atoms with Gasteiger partial charge < -0.3 is 4.84 Å². The number of rotatable bonds is 1. The van der Waals surface area contributed by atoms with Crippen LogP contribution in [0.2, 0.25) is 0 Å². The fraction of sp³-hybridized carbons (Fsp3) is 0.200. The third-order valence-electron chi connectivity index (χ3n) is 1.84. The molecular weight excluding hydrogens is 150 g/mol. The number of hydrogen-bond acceptors (Lipinski definition) is 2. The van der Waals surface area contributed by atoms with Gasteiger partial charge in [0.15, 0.2) is 0 Å². The highest BCUT2D eigenvalue weighted by Gasteiger charge is 2.16. The first kappa shape index (κ1) is 7.35. The van der Waals surface area contributed by atoms with E-state index in [2.05, 4.69) is 12.1 Å². The van der Waals surface area contributed by atoms with Crippen LogP contribution < -0.4 is 0 Å². The van der Waals surface area contributed by atoms with Gasteiger partial charge in [0.05, 0.1) is 5.71 Å². The molecule has 0 saturated heterocycles. The summed E-state index contributed by atoms with van der Waals surface area (Å²) in [4.78, 5) is 5.00. The lowest BCUT2D eigenvalue weighted by atomic mass is 10.1. The topological polar surface area (TPSA) is 21.6 Å². The SMILES string of the molecule is [CH2]C1CC(c2ccccc2)=NO1. The predicted molar refractivity (Wildman–Crippen MR) is 47.8 cm³/mol. The molecule has 1 radical (unpaired) electrons. The first-order valence-corrected chi connectivity index (χ1v) is 3.97. The van der Waals surface area contributed by atoms with Crippen molar-refractivity contribution in [2.45, 2.75) is 12.5 Å². The summed E-state index contributed by atoms with van der Waals surface area (Å²) in [6.45, 7) is 3.78. The monoisotopic (exact) mass is 160 g/mol. The minimum Gasteiger partial charge on any atom is -0.392 e. The van der Waals surface area contributed by atoms with E-state index >= 15 is 0 Å². The van der Waals surface area contributed by atoms with Crippen LogP contribution in [-0.2, 0) is 4.84 Å². The molecule has 2 heteroatoms. The highest BCUT2D eigenvalue weighted by atomic mass is 16.6. The maximum atomic E-state index is 5.00. The summed E-state index contributed by atoms with van der Waals surface area (Å²) in [5.74, 6) is 0. The Bertz CT molecular complexity index is 292. The number of nitrogens with zero attached hydrogens (tertiary/aromatic N) is 1. The quantitative estimate of drug-likeness (QED) is 0.615. The Balaban J connectivity index is 2.22. The van der Waals surface area contributed by atoms with Crippen LogP contribution in [0.25, 0.3) is 0 Å². The molecule has 61 valence electrons. The number of benzene rings is 1. The van der Waals surface area contributed by atoms with Crippen molar-refractivity contribution >= 4 is 5.71 Å². The summed E-state index contributed by atoms with van der Waals surface area (Å²) >= 11 is 0. The van der Waals surface area contributed by atoms with Crippen LogP contribution in [-0.4, -0.2) is 11.8 Å². The van der Waals surface area contributed by atoms with Gasteiger partial charge in [-0.25, -0.2) is 0 Å². The van der Waals surface area contributed by atoms with Gasteiger partial charge >= 0.3 is 0 Å². The Labute approximate surface area is 71.8 Å². The normalized spacial score (nSPS) is 21.8. The van der Waals surface area contributed by atoms with Gasteiger partial charge in [0.2, 0.25) is 0 Å². The minimum atomic E-state index is -0.0137. The molecule has 12 heavy (non-hydrogen) atoms. The molecule has 2 rings (SSSR count). The molecule has 1 aromatic carbocycles. The van der Waals surface area contributed by atoms with E-state index in [0.29, 0.717) is 0 Å². The van der Waals surface area contributed by atoms with Crippen LogP contribution in [0.3, 0.4) is 0 Å². The van der Waals surface area contributed by atoms with Crippen molar-refractivity contribution in [2.75, 3.05) is 0 Å². The molecule has 0 aliphatic carbocycles. The van der Waals surface area contributed by atoms with Gasteiger partial charge in [-0.2, -0.15) is 0 Å². The first-order chi connectivity index (χ1) is 5.86. The molecule has 1 aromatic rings. The molecule has 0 saturated carbocycles. The lowest BCUT2D eigenvalue weighted by Crippen LogP contribution is -2.02. The van der Waals surface area contributed by atoms with Gasteiger partial charge in [0, 0.05) is 6.42 Å². The molecule has 0 spiro atoms. The zero-order chi connectivity index (χ0) is 8.39. The third kappa shape index (κ3) is 1.33. The summed E-state index contributed by atoms with van der Waals surface area (Å²) < 4.78 is 0. The van der Waals surface area contributed by atoms with Gasteiger partial charge in [0.1, 0.15) is 6.10 Å². The van der Waals surface area contributed by atoms with E-state index in [9.17, 15) is 0 Å². The van der Waals surface area contributed by atoms with Crippen molar-refractivity contribution in [3.63, 3.8) is 0 Å².